The van der Waals surface area contributed by atoms with Gasteiger partial charge in [-0.3, -0.25) is 4.68 Å². The highest BCUT2D eigenvalue weighted by molar-refractivity contribution is 5.50. The van der Waals surface area contributed by atoms with Crippen molar-refractivity contribution in [1.29, 1.82) is 0 Å². The molecule has 2 aromatic rings. The van der Waals surface area contributed by atoms with Crippen LogP contribution in [0.1, 0.15) is 12.8 Å². The van der Waals surface area contributed by atoms with Gasteiger partial charge in [-0.1, -0.05) is 6.58 Å². The van der Waals surface area contributed by atoms with E-state index in [0.717, 1.165) is 35.6 Å². The number of pyridine rings is 1. The van der Waals surface area contributed by atoms with Crippen molar-refractivity contribution >= 4 is 0 Å². The van der Waals surface area contributed by atoms with Crippen molar-refractivity contribution in [3.8, 4) is 11.4 Å². The van der Waals surface area contributed by atoms with E-state index in [9.17, 15) is 4.39 Å². The number of alkyl halides is 1. The lowest BCUT2D eigenvalue weighted by atomic mass is 9.71. The summed E-state index contributed by atoms with van der Waals surface area (Å²) in [5.41, 5.74) is 5.77. The molecule has 0 radical (unpaired) electrons. The summed E-state index contributed by atoms with van der Waals surface area (Å²) in [6, 6.07) is 8.36. The van der Waals surface area contributed by atoms with E-state index < -0.39 is 6.17 Å². The molecule has 4 atom stereocenters. The van der Waals surface area contributed by atoms with Crippen LogP contribution in [0.4, 0.5) is 4.39 Å². The first-order valence-corrected chi connectivity index (χ1v) is 10.7. The van der Waals surface area contributed by atoms with Gasteiger partial charge in [0.15, 0.2) is 6.20 Å². The molecule has 0 aromatic carbocycles. The SMILES string of the molecule is C=C1Cn2nccc2-c2cccc[n+]2CCC2C3=C(C=CC(F)C3)N3C=CNC3C12. The molecule has 1 N–H and O–H groups in total. The summed E-state index contributed by atoms with van der Waals surface area (Å²) < 4.78 is 18.8. The van der Waals surface area contributed by atoms with Crippen LogP contribution in [0.2, 0.25) is 0 Å². The third-order valence-electron chi connectivity index (χ3n) is 6.93. The highest BCUT2D eigenvalue weighted by atomic mass is 19.1. The summed E-state index contributed by atoms with van der Waals surface area (Å²) in [5.74, 6) is 0.419. The number of aryl methyl sites for hydroxylation is 1. The minimum absolute atomic E-state index is 0.112. The second-order valence-electron chi connectivity index (χ2n) is 8.56. The fraction of sp³-hybridized carbons (Fsp3) is 0.333. The van der Waals surface area contributed by atoms with E-state index in [1.165, 1.54) is 5.57 Å². The Morgan fingerprint density at radius 1 is 1.27 bits per heavy atom. The van der Waals surface area contributed by atoms with E-state index in [4.69, 9.17) is 0 Å². The molecule has 0 bridgehead atoms. The third kappa shape index (κ3) is 2.59. The molecule has 0 saturated heterocycles. The minimum Gasteiger partial charge on any atom is -0.369 e. The maximum atomic E-state index is 14.5. The number of nitrogens with zero attached hydrogens (tertiary/aromatic N) is 4. The van der Waals surface area contributed by atoms with Crippen LogP contribution < -0.4 is 9.88 Å². The van der Waals surface area contributed by atoms with Crippen LogP contribution in [0.5, 0.6) is 0 Å². The van der Waals surface area contributed by atoms with Gasteiger partial charge in [-0.25, -0.2) is 4.39 Å². The van der Waals surface area contributed by atoms with Crippen LogP contribution in [0, 0.1) is 11.8 Å². The fourth-order valence-electron chi connectivity index (χ4n) is 5.63. The highest BCUT2D eigenvalue weighted by Gasteiger charge is 2.45. The van der Waals surface area contributed by atoms with Gasteiger partial charge in [-0.15, -0.1) is 0 Å². The smallest absolute Gasteiger partial charge is 0.230 e. The van der Waals surface area contributed by atoms with E-state index in [-0.39, 0.29) is 18.0 Å². The summed E-state index contributed by atoms with van der Waals surface area (Å²) in [6.45, 7) is 6.05. The Bertz CT molecular complexity index is 1110. The molecule has 0 saturated carbocycles. The Morgan fingerprint density at radius 3 is 3.13 bits per heavy atom. The summed E-state index contributed by atoms with van der Waals surface area (Å²) in [6.07, 6.45) is 12.4. The summed E-state index contributed by atoms with van der Waals surface area (Å²) in [4.78, 5) is 2.26. The number of hydrogen-bond donors (Lipinski definition) is 1. The Morgan fingerprint density at radius 2 is 2.20 bits per heavy atom. The first-order valence-electron chi connectivity index (χ1n) is 10.7. The Kier molecular flexibility index (Phi) is 3.94. The second kappa shape index (κ2) is 6.69. The van der Waals surface area contributed by atoms with Gasteiger partial charge in [-0.2, -0.15) is 9.67 Å². The summed E-state index contributed by atoms with van der Waals surface area (Å²) >= 11 is 0. The lowest BCUT2D eigenvalue weighted by Gasteiger charge is -2.46. The maximum absolute atomic E-state index is 14.5. The van der Waals surface area contributed by atoms with Gasteiger partial charge in [0.1, 0.15) is 24.6 Å². The molecule has 1 aliphatic carbocycles. The molecule has 5 heterocycles. The Labute approximate surface area is 175 Å². The zero-order chi connectivity index (χ0) is 20.2. The normalized spacial score (nSPS) is 29.5. The number of hydrogen-bond acceptors (Lipinski definition) is 3. The molecule has 2 aromatic heterocycles. The fourth-order valence-corrected chi connectivity index (χ4v) is 5.63. The van der Waals surface area contributed by atoms with Crippen molar-refractivity contribution in [2.75, 3.05) is 0 Å². The van der Waals surface area contributed by atoms with Crippen LogP contribution in [-0.4, -0.2) is 27.0 Å². The van der Waals surface area contributed by atoms with Gasteiger partial charge in [0.2, 0.25) is 5.69 Å². The number of halogens is 1. The molecule has 5 nitrogen and oxygen atoms in total. The van der Waals surface area contributed by atoms with Gasteiger partial charge in [0.05, 0.1) is 6.54 Å². The molecule has 0 amide bonds. The summed E-state index contributed by atoms with van der Waals surface area (Å²) in [7, 11) is 0. The van der Waals surface area contributed by atoms with Gasteiger partial charge in [-0.05, 0) is 41.3 Å². The van der Waals surface area contributed by atoms with Crippen molar-refractivity contribution in [3.05, 3.63) is 84.6 Å². The number of allylic oxidation sites excluding steroid dienone is 3. The lowest BCUT2D eigenvalue weighted by molar-refractivity contribution is -0.687. The summed E-state index contributed by atoms with van der Waals surface area (Å²) in [5, 5.41) is 8.15. The molecule has 3 aliphatic heterocycles. The molecule has 6 heteroatoms. The van der Waals surface area contributed by atoms with Crippen molar-refractivity contribution < 1.29 is 8.96 Å². The van der Waals surface area contributed by atoms with E-state index in [1.54, 1.807) is 6.08 Å². The average molecular weight is 402 g/mol. The standard InChI is InChI=1S/C24H25FN5/c1-16-15-30-22(7-9-27-30)21-4-2-3-11-28(21)12-8-18-19-14-17(25)5-6-20(19)29-13-10-26-24(29)23(16)18/h2-7,9-11,13,17-18,23-24,26H,1,8,12,14-15H2/q+1. The van der Waals surface area contributed by atoms with Crippen molar-refractivity contribution in [2.24, 2.45) is 11.8 Å². The lowest BCUT2D eigenvalue weighted by Crippen LogP contribution is -2.51. The number of aromatic nitrogens is 3. The molecular formula is C24H25FN5+. The molecule has 0 spiro atoms. The largest absolute Gasteiger partial charge is 0.369 e. The average Bonchev–Trinajstić information content (AvgIpc) is 3.41. The van der Waals surface area contributed by atoms with Gasteiger partial charge in [0.25, 0.3) is 0 Å². The van der Waals surface area contributed by atoms with E-state index in [2.05, 4.69) is 63.1 Å². The van der Waals surface area contributed by atoms with E-state index in [0.29, 0.717) is 13.0 Å². The van der Waals surface area contributed by atoms with E-state index in [1.807, 2.05) is 23.2 Å². The van der Waals surface area contributed by atoms with Gasteiger partial charge in [0, 0.05) is 55.2 Å². The molecule has 0 fully saturated rings. The second-order valence-corrected chi connectivity index (χ2v) is 8.56. The third-order valence-corrected chi connectivity index (χ3v) is 6.93. The zero-order valence-corrected chi connectivity index (χ0v) is 16.8. The molecule has 4 unspecified atom stereocenters. The van der Waals surface area contributed by atoms with Crippen LogP contribution >= 0.6 is 0 Å². The Balaban J connectivity index is 1.50. The predicted octanol–water partition coefficient (Wildman–Crippen LogP) is 3.30. The Hall–Kier alpha value is -3.15. The first kappa shape index (κ1) is 17.7. The van der Waals surface area contributed by atoms with Crippen molar-refractivity contribution in [1.82, 2.24) is 20.0 Å². The topological polar surface area (TPSA) is 37.0 Å². The predicted molar refractivity (Wildman–Crippen MR) is 112 cm³/mol. The maximum Gasteiger partial charge on any atom is 0.230 e. The minimum atomic E-state index is -0.915. The monoisotopic (exact) mass is 402 g/mol. The van der Waals surface area contributed by atoms with Crippen LogP contribution in [0.3, 0.4) is 0 Å². The van der Waals surface area contributed by atoms with Crippen LogP contribution in [-0.2, 0) is 13.1 Å². The van der Waals surface area contributed by atoms with Crippen LogP contribution in [0.15, 0.2) is 84.6 Å². The van der Waals surface area contributed by atoms with Crippen molar-refractivity contribution in [3.63, 3.8) is 0 Å². The molecular weight excluding hydrogens is 377 g/mol. The molecule has 152 valence electrons. The molecule has 4 aliphatic rings. The number of fused-ring (bicyclic) bond motifs is 8. The quantitative estimate of drug-likeness (QED) is 0.543. The zero-order valence-electron chi connectivity index (χ0n) is 16.8. The molecule has 30 heavy (non-hydrogen) atoms. The highest BCUT2D eigenvalue weighted by Crippen LogP contribution is 2.46. The van der Waals surface area contributed by atoms with Gasteiger partial charge < -0.3 is 10.2 Å². The van der Waals surface area contributed by atoms with Crippen LogP contribution in [0.25, 0.3) is 11.4 Å². The number of nitrogens with one attached hydrogen (secondary N) is 1. The first-order chi connectivity index (χ1) is 14.7. The van der Waals surface area contributed by atoms with Gasteiger partial charge >= 0.3 is 0 Å². The van der Waals surface area contributed by atoms with Crippen molar-refractivity contribution in [2.45, 2.75) is 38.3 Å². The molecule has 6 rings (SSSR count). The van der Waals surface area contributed by atoms with E-state index >= 15 is 0 Å². The number of rotatable bonds is 0.